The van der Waals surface area contributed by atoms with E-state index in [4.69, 9.17) is 15.5 Å². The van der Waals surface area contributed by atoms with Crippen LogP contribution in [-0.4, -0.2) is 26.8 Å². The molecule has 0 radical (unpaired) electrons. The molecule has 2 aliphatic carbocycles. The van der Waals surface area contributed by atoms with Gasteiger partial charge in [0.1, 0.15) is 5.04 Å². The number of halogens is 2. The summed E-state index contributed by atoms with van der Waals surface area (Å²) in [6.07, 6.45) is 6.88. The van der Waals surface area contributed by atoms with Crippen LogP contribution < -0.4 is 15.8 Å². The van der Waals surface area contributed by atoms with E-state index >= 15 is 0 Å². The number of rotatable bonds is 6. The fourth-order valence-electron chi connectivity index (χ4n) is 3.47. The van der Waals surface area contributed by atoms with Crippen molar-refractivity contribution in [2.24, 2.45) is 9.50 Å². The number of fused-ring (bicyclic) bond motifs is 1. The first-order valence-corrected chi connectivity index (χ1v) is 11.0. The van der Waals surface area contributed by atoms with E-state index in [1.807, 2.05) is 6.92 Å². The van der Waals surface area contributed by atoms with Gasteiger partial charge in [0, 0.05) is 23.2 Å². The molecule has 29 heavy (non-hydrogen) atoms. The van der Waals surface area contributed by atoms with Crippen LogP contribution in [-0.2, 0) is 29.2 Å². The van der Waals surface area contributed by atoms with Crippen LogP contribution in [0.5, 0.6) is 0 Å². The number of alkyl halides is 2. The van der Waals surface area contributed by atoms with Crippen LogP contribution in [0.2, 0.25) is 0 Å². The number of aromatic nitrogens is 1. The molecule has 1 unspecified atom stereocenters. The molecule has 0 saturated heterocycles. The average molecular weight is 426 g/mol. The van der Waals surface area contributed by atoms with Gasteiger partial charge in [0.25, 0.3) is 0 Å². The molecular formula is C18H24F2N6O2S. The lowest BCUT2D eigenvalue weighted by Crippen LogP contribution is -2.25. The molecule has 2 aliphatic rings. The number of anilines is 1. The fourth-order valence-corrected chi connectivity index (χ4v) is 4.12. The smallest absolute Gasteiger partial charge is 0.336 e. The highest BCUT2D eigenvalue weighted by Crippen LogP contribution is 2.47. The van der Waals surface area contributed by atoms with E-state index in [0.29, 0.717) is 11.6 Å². The molecule has 1 heterocycles. The summed E-state index contributed by atoms with van der Waals surface area (Å²) in [6, 6.07) is -0.929. The molecule has 1 fully saturated rings. The van der Waals surface area contributed by atoms with E-state index < -0.39 is 27.5 Å². The van der Waals surface area contributed by atoms with Crippen LogP contribution in [0.15, 0.2) is 16.6 Å². The van der Waals surface area contributed by atoms with Crippen LogP contribution >= 0.6 is 0 Å². The number of nitrogens with zero attached hydrogens (tertiary/aromatic N) is 2. The molecule has 3 rings (SSSR count). The lowest BCUT2D eigenvalue weighted by atomic mass is 9.99. The topological polar surface area (TPSA) is 133 Å². The molecule has 11 heteroatoms. The van der Waals surface area contributed by atoms with E-state index in [9.17, 15) is 17.8 Å². The van der Waals surface area contributed by atoms with Gasteiger partial charge in [-0.3, -0.25) is 10.4 Å². The number of aryl methyl sites for hydroxylation is 2. The maximum Gasteiger partial charge on any atom is 0.354 e. The summed E-state index contributed by atoms with van der Waals surface area (Å²) < 4.78 is 40.0. The maximum absolute atomic E-state index is 12.5. The van der Waals surface area contributed by atoms with Crippen LogP contribution in [0.1, 0.15) is 54.6 Å². The molecule has 0 spiro atoms. The molecule has 0 bridgehead atoms. The summed E-state index contributed by atoms with van der Waals surface area (Å²) in [6.45, 7) is -0.824. The maximum atomic E-state index is 12.5. The molecule has 1 saturated carbocycles. The number of nitrogens with one attached hydrogen (secondary N) is 3. The van der Waals surface area contributed by atoms with Crippen molar-refractivity contribution < 1.29 is 17.8 Å². The van der Waals surface area contributed by atoms with E-state index in [0.717, 1.165) is 73.3 Å². The van der Waals surface area contributed by atoms with Gasteiger partial charge in [-0.05, 0) is 56.1 Å². The zero-order chi connectivity index (χ0) is 21.2. The van der Waals surface area contributed by atoms with Gasteiger partial charge >= 0.3 is 12.6 Å². The van der Waals surface area contributed by atoms with E-state index in [-0.39, 0.29) is 0 Å². The predicted octanol–water partition coefficient (Wildman–Crippen LogP) is 3.19. The summed E-state index contributed by atoms with van der Waals surface area (Å²) in [5.41, 5.74) is 4.58. The standard InChI is InChI=1S/C18H24F2N6O2S/c1-2-12-15(10-6-7-10)16(11-4-3-5-13(11)24-12)25-18(27)26-29(22,28)14(21)8-9-23-17(19)20/h8-10,17,21,23H,2-7H2,1H3,(H3,22,24,25,26,27,28)/b9-8-,21-14?. The van der Waals surface area contributed by atoms with Crippen molar-refractivity contribution >= 4 is 26.7 Å². The number of hydrogen-bond donors (Lipinski definition) is 4. The summed E-state index contributed by atoms with van der Waals surface area (Å²) in [7, 11) is -3.87. The van der Waals surface area contributed by atoms with Gasteiger partial charge in [0.05, 0.1) is 5.69 Å². The van der Waals surface area contributed by atoms with Gasteiger partial charge in [0.2, 0.25) is 0 Å². The van der Waals surface area contributed by atoms with Crippen LogP contribution in [0.25, 0.3) is 0 Å². The molecule has 1 aromatic rings. The largest absolute Gasteiger partial charge is 0.354 e. The Hall–Kier alpha value is -2.40. The van der Waals surface area contributed by atoms with Gasteiger partial charge in [0.15, 0.2) is 9.92 Å². The third-order valence-corrected chi connectivity index (χ3v) is 6.09. The van der Waals surface area contributed by atoms with Crippen LogP contribution in [0, 0.1) is 5.41 Å². The first-order valence-electron chi connectivity index (χ1n) is 9.42. The second-order valence-corrected chi connectivity index (χ2v) is 8.77. The highest BCUT2D eigenvalue weighted by atomic mass is 32.2. The Bertz CT molecular complexity index is 981. The number of carbonyl (C=O) groups is 1. The second kappa shape index (κ2) is 8.54. The summed E-state index contributed by atoms with van der Waals surface area (Å²) in [5, 5.41) is 16.8. The minimum Gasteiger partial charge on any atom is -0.336 e. The minimum atomic E-state index is -3.87. The van der Waals surface area contributed by atoms with Crippen molar-refractivity contribution in [3.63, 3.8) is 0 Å². The second-order valence-electron chi connectivity index (χ2n) is 7.01. The average Bonchev–Trinajstić information content (AvgIpc) is 3.36. The highest BCUT2D eigenvalue weighted by Gasteiger charge is 2.33. The normalized spacial score (nSPS) is 17.8. The highest BCUT2D eigenvalue weighted by molar-refractivity contribution is 8.06. The van der Waals surface area contributed by atoms with Gasteiger partial charge in [-0.1, -0.05) is 6.92 Å². The molecule has 1 atom stereocenters. The molecule has 0 aromatic carbocycles. The van der Waals surface area contributed by atoms with Crippen molar-refractivity contribution in [3.8, 4) is 0 Å². The Kier molecular flexibility index (Phi) is 6.27. The van der Waals surface area contributed by atoms with Crippen molar-refractivity contribution in [2.45, 2.75) is 57.9 Å². The number of carbonyl (C=O) groups excluding carboxylic acids is 1. The SMILES string of the molecule is CCc1nc2c(c(NC(=O)N=S(N)(=O)C(=N)/C=C\NC(F)F)c1C1CC1)CCC2. The first kappa shape index (κ1) is 21.3. The van der Waals surface area contributed by atoms with E-state index in [1.54, 1.807) is 5.32 Å². The lowest BCUT2D eigenvalue weighted by molar-refractivity contribution is 0.125. The van der Waals surface area contributed by atoms with E-state index in [1.165, 1.54) is 0 Å². The molecule has 8 nitrogen and oxygen atoms in total. The third kappa shape index (κ3) is 4.96. The monoisotopic (exact) mass is 426 g/mol. The molecule has 158 valence electrons. The Morgan fingerprint density at radius 3 is 2.79 bits per heavy atom. The number of urea groups is 1. The number of nitrogens with two attached hydrogens (primary N) is 1. The Morgan fingerprint density at radius 1 is 1.45 bits per heavy atom. The van der Waals surface area contributed by atoms with Crippen molar-refractivity contribution in [2.75, 3.05) is 5.32 Å². The number of pyridine rings is 1. The quantitative estimate of drug-likeness (QED) is 0.316. The summed E-state index contributed by atoms with van der Waals surface area (Å²) in [4.78, 5) is 17.3. The van der Waals surface area contributed by atoms with Crippen molar-refractivity contribution in [1.29, 1.82) is 5.41 Å². The summed E-state index contributed by atoms with van der Waals surface area (Å²) in [5.74, 6) is 0.336. The zero-order valence-corrected chi connectivity index (χ0v) is 16.8. The van der Waals surface area contributed by atoms with Crippen molar-refractivity contribution in [1.82, 2.24) is 10.3 Å². The van der Waals surface area contributed by atoms with Crippen LogP contribution in [0.3, 0.4) is 0 Å². The Morgan fingerprint density at radius 2 is 2.17 bits per heavy atom. The summed E-state index contributed by atoms with van der Waals surface area (Å²) >= 11 is 0. The number of hydrogen-bond acceptors (Lipinski definition) is 5. The van der Waals surface area contributed by atoms with Gasteiger partial charge in [-0.15, -0.1) is 4.36 Å². The molecule has 0 aliphatic heterocycles. The molecule has 1 aromatic heterocycles. The van der Waals surface area contributed by atoms with Gasteiger partial charge in [-0.25, -0.2) is 14.1 Å². The Labute approximate surface area is 168 Å². The molecule has 2 amide bonds. The molecular weight excluding hydrogens is 402 g/mol. The molecule has 5 N–H and O–H groups in total. The lowest BCUT2D eigenvalue weighted by Gasteiger charge is -2.18. The van der Waals surface area contributed by atoms with Crippen LogP contribution in [0.4, 0.5) is 19.3 Å². The minimum absolute atomic E-state index is 0.336. The third-order valence-electron chi connectivity index (χ3n) is 4.88. The van der Waals surface area contributed by atoms with E-state index in [2.05, 4.69) is 9.68 Å². The zero-order valence-electron chi connectivity index (χ0n) is 16.0. The fraction of sp³-hybridized carbons (Fsp3) is 0.500. The Balaban J connectivity index is 1.88. The first-order chi connectivity index (χ1) is 13.7. The van der Waals surface area contributed by atoms with Crippen molar-refractivity contribution in [3.05, 3.63) is 34.8 Å². The van der Waals surface area contributed by atoms with Gasteiger partial charge < -0.3 is 10.6 Å². The van der Waals surface area contributed by atoms with Gasteiger partial charge in [-0.2, -0.15) is 8.78 Å². The number of amides is 2. The predicted molar refractivity (Wildman–Crippen MR) is 107 cm³/mol.